The summed E-state index contributed by atoms with van der Waals surface area (Å²) in [5.41, 5.74) is 1.41. The van der Waals surface area contributed by atoms with Crippen LogP contribution in [0.2, 0.25) is 0 Å². The van der Waals surface area contributed by atoms with E-state index in [0.717, 1.165) is 30.2 Å². The molecule has 1 fully saturated rings. The van der Waals surface area contributed by atoms with Gasteiger partial charge in [0.25, 0.3) is 5.91 Å². The molecule has 0 saturated carbocycles. The van der Waals surface area contributed by atoms with Crippen molar-refractivity contribution in [3.63, 3.8) is 0 Å². The molecule has 0 aliphatic carbocycles. The van der Waals surface area contributed by atoms with Crippen LogP contribution in [-0.4, -0.2) is 64.2 Å². The number of benzene rings is 1. The normalized spacial score (nSPS) is 23.4. The Hall–Kier alpha value is -3.00. The van der Waals surface area contributed by atoms with Crippen LogP contribution in [0.25, 0.3) is 10.2 Å². The first-order chi connectivity index (χ1) is 15.0. The summed E-state index contributed by atoms with van der Waals surface area (Å²) >= 11 is 1.71. The molecule has 1 aromatic heterocycles. The van der Waals surface area contributed by atoms with E-state index in [2.05, 4.69) is 35.0 Å². The maximum absolute atomic E-state index is 13.5. The molecule has 4 heterocycles. The van der Waals surface area contributed by atoms with Crippen molar-refractivity contribution in [1.29, 1.82) is 0 Å². The lowest BCUT2D eigenvalue weighted by Gasteiger charge is -2.45. The van der Waals surface area contributed by atoms with Crippen LogP contribution in [0.3, 0.4) is 0 Å². The number of allylic oxidation sites excluding steroid dienone is 2. The smallest absolute Gasteiger partial charge is 0.250 e. The molecule has 1 aromatic carbocycles. The first-order valence-corrected chi connectivity index (χ1v) is 11.5. The number of anilines is 1. The molecule has 8 heteroatoms. The van der Waals surface area contributed by atoms with Crippen molar-refractivity contribution in [2.24, 2.45) is 4.99 Å². The highest BCUT2D eigenvalue weighted by molar-refractivity contribution is 7.22. The van der Waals surface area contributed by atoms with Crippen LogP contribution in [0.1, 0.15) is 25.8 Å². The van der Waals surface area contributed by atoms with Crippen molar-refractivity contribution in [2.45, 2.75) is 32.2 Å². The van der Waals surface area contributed by atoms with Crippen LogP contribution < -0.4 is 4.90 Å². The van der Waals surface area contributed by atoms with E-state index in [0.29, 0.717) is 18.9 Å². The van der Waals surface area contributed by atoms with E-state index >= 15 is 0 Å². The minimum atomic E-state index is -0.940. The molecule has 1 atom stereocenters. The number of amidine groups is 1. The van der Waals surface area contributed by atoms with Gasteiger partial charge in [-0.05, 0) is 43.2 Å². The summed E-state index contributed by atoms with van der Waals surface area (Å²) < 4.78 is 1.21. The molecule has 2 aromatic rings. The van der Waals surface area contributed by atoms with Gasteiger partial charge in [0.2, 0.25) is 5.91 Å². The Morgan fingerprint density at radius 3 is 2.77 bits per heavy atom. The molecular weight excluding hydrogens is 410 g/mol. The summed E-state index contributed by atoms with van der Waals surface area (Å²) in [5, 5.41) is 1.01. The lowest BCUT2D eigenvalue weighted by Crippen LogP contribution is -2.63. The third-order valence-corrected chi connectivity index (χ3v) is 7.33. The molecule has 3 aliphatic heterocycles. The van der Waals surface area contributed by atoms with Crippen LogP contribution >= 0.6 is 11.3 Å². The Labute approximate surface area is 185 Å². The molecule has 7 nitrogen and oxygen atoms in total. The van der Waals surface area contributed by atoms with Gasteiger partial charge in [-0.2, -0.15) is 4.99 Å². The Morgan fingerprint density at radius 2 is 2.00 bits per heavy atom. The summed E-state index contributed by atoms with van der Waals surface area (Å²) in [4.78, 5) is 40.6. The van der Waals surface area contributed by atoms with E-state index in [4.69, 9.17) is 4.98 Å². The number of carbonyl (C=O) groups is 2. The Bertz CT molecular complexity index is 1140. The third-order valence-electron chi connectivity index (χ3n) is 6.25. The number of fused-ring (bicyclic) bond motifs is 2. The third kappa shape index (κ3) is 3.44. The second kappa shape index (κ2) is 7.60. The maximum atomic E-state index is 13.5. The summed E-state index contributed by atoms with van der Waals surface area (Å²) in [7, 11) is 0. The molecule has 0 bridgehead atoms. The first kappa shape index (κ1) is 19.9. The molecule has 0 spiro atoms. The lowest BCUT2D eigenvalue weighted by atomic mass is 9.90. The van der Waals surface area contributed by atoms with Crippen molar-refractivity contribution in [3.8, 4) is 0 Å². The van der Waals surface area contributed by atoms with Crippen molar-refractivity contribution in [3.05, 3.63) is 48.2 Å². The highest BCUT2D eigenvalue weighted by Gasteiger charge is 2.47. The molecular formula is C23H25N5O2S. The number of rotatable bonds is 3. The van der Waals surface area contributed by atoms with E-state index in [1.807, 2.05) is 35.1 Å². The molecule has 3 aliphatic rings. The van der Waals surface area contributed by atoms with Gasteiger partial charge in [-0.25, -0.2) is 4.98 Å². The van der Waals surface area contributed by atoms with Gasteiger partial charge in [-0.15, -0.1) is 0 Å². The predicted molar refractivity (Wildman–Crippen MR) is 123 cm³/mol. The fourth-order valence-corrected chi connectivity index (χ4v) is 5.50. The van der Waals surface area contributed by atoms with Gasteiger partial charge in [-0.3, -0.25) is 9.59 Å². The average molecular weight is 436 g/mol. The van der Waals surface area contributed by atoms with E-state index in [1.165, 1.54) is 10.3 Å². The highest BCUT2D eigenvalue weighted by Crippen LogP contribution is 2.32. The Balaban J connectivity index is 1.31. The number of hydrogen-bond donors (Lipinski definition) is 0. The van der Waals surface area contributed by atoms with E-state index in [1.54, 1.807) is 17.4 Å². The Kier molecular flexibility index (Phi) is 4.89. The molecule has 1 saturated heterocycles. The van der Waals surface area contributed by atoms with Crippen LogP contribution in [0.4, 0.5) is 5.13 Å². The van der Waals surface area contributed by atoms with Crippen LogP contribution in [0.15, 0.2) is 47.6 Å². The molecule has 5 rings (SSSR count). The van der Waals surface area contributed by atoms with Gasteiger partial charge in [-0.1, -0.05) is 30.4 Å². The second-order valence-electron chi connectivity index (χ2n) is 8.32. The highest BCUT2D eigenvalue weighted by atomic mass is 32.1. The zero-order valence-electron chi connectivity index (χ0n) is 17.7. The van der Waals surface area contributed by atoms with Gasteiger partial charge in [0.1, 0.15) is 11.4 Å². The monoisotopic (exact) mass is 435 g/mol. The van der Waals surface area contributed by atoms with Gasteiger partial charge in [0.15, 0.2) is 5.13 Å². The number of aliphatic imine (C=N–C) groups is 1. The minimum absolute atomic E-state index is 0.0234. The minimum Gasteiger partial charge on any atom is -0.345 e. The van der Waals surface area contributed by atoms with Gasteiger partial charge in [0.05, 0.1) is 16.6 Å². The molecule has 1 unspecified atom stereocenters. The van der Waals surface area contributed by atoms with Crippen molar-refractivity contribution >= 4 is 44.3 Å². The van der Waals surface area contributed by atoms with Gasteiger partial charge >= 0.3 is 0 Å². The zero-order valence-corrected chi connectivity index (χ0v) is 18.6. The summed E-state index contributed by atoms with van der Waals surface area (Å²) in [6.45, 7) is 6.68. The first-order valence-electron chi connectivity index (χ1n) is 10.7. The summed E-state index contributed by atoms with van der Waals surface area (Å²) in [6.07, 6.45) is 8.42. The topological polar surface area (TPSA) is 69.1 Å². The molecule has 160 valence electrons. The summed E-state index contributed by atoms with van der Waals surface area (Å²) in [5.74, 6) is 0.264. The number of piperazine rings is 1. The standard InChI is InChI=1S/C23H25N5O2S/c1-3-16-7-8-17-18(14-16)31-22(24-17)27-12-10-26(11-13-27)21(30)23(2)15-20(29)25-19-6-4-5-9-28(19)23/h4-9,14H,3,10-13,15H2,1-2H3. The second-order valence-corrected chi connectivity index (χ2v) is 9.33. The van der Waals surface area contributed by atoms with Gasteiger partial charge in [0, 0.05) is 32.4 Å². The maximum Gasteiger partial charge on any atom is 0.250 e. The largest absolute Gasteiger partial charge is 0.345 e. The zero-order chi connectivity index (χ0) is 21.6. The Morgan fingerprint density at radius 1 is 1.19 bits per heavy atom. The molecule has 31 heavy (non-hydrogen) atoms. The quantitative estimate of drug-likeness (QED) is 0.741. The van der Waals surface area contributed by atoms with Crippen LogP contribution in [-0.2, 0) is 16.0 Å². The summed E-state index contributed by atoms with van der Waals surface area (Å²) in [6, 6.07) is 6.45. The van der Waals surface area contributed by atoms with Crippen LogP contribution in [0.5, 0.6) is 0 Å². The molecule has 0 N–H and O–H groups in total. The van der Waals surface area contributed by atoms with Crippen molar-refractivity contribution < 1.29 is 9.59 Å². The van der Waals surface area contributed by atoms with E-state index < -0.39 is 5.54 Å². The number of carbonyl (C=O) groups excluding carboxylic acids is 2. The van der Waals surface area contributed by atoms with Crippen molar-refractivity contribution in [2.75, 3.05) is 31.1 Å². The lowest BCUT2D eigenvalue weighted by molar-refractivity contribution is -0.144. The number of thiazole rings is 1. The van der Waals surface area contributed by atoms with Crippen LogP contribution in [0, 0.1) is 0 Å². The number of aromatic nitrogens is 1. The van der Waals surface area contributed by atoms with Gasteiger partial charge < -0.3 is 14.7 Å². The molecule has 0 radical (unpaired) electrons. The van der Waals surface area contributed by atoms with E-state index in [9.17, 15) is 9.59 Å². The SMILES string of the molecule is CCc1ccc2nc(N3CCN(C(=O)C4(C)CC(=O)N=C5C=CC=CN54)CC3)sc2c1. The molecule has 2 amide bonds. The predicted octanol–water partition coefficient (Wildman–Crippen LogP) is 2.98. The number of nitrogens with zero attached hydrogens (tertiary/aromatic N) is 5. The average Bonchev–Trinajstić information content (AvgIpc) is 3.22. The van der Waals surface area contributed by atoms with E-state index in [-0.39, 0.29) is 18.2 Å². The number of aryl methyl sites for hydroxylation is 1. The number of amides is 2. The fraction of sp³-hybridized carbons (Fsp3) is 0.391. The number of hydrogen-bond acceptors (Lipinski definition) is 6. The van der Waals surface area contributed by atoms with Crippen molar-refractivity contribution in [1.82, 2.24) is 14.8 Å². The fourth-order valence-electron chi connectivity index (χ4n) is 4.42.